The number of benzene rings is 2. The summed E-state index contributed by atoms with van der Waals surface area (Å²) in [6.45, 7) is 6.50. The lowest BCUT2D eigenvalue weighted by molar-refractivity contribution is -0.117. The molecule has 2 N–H and O–H groups in total. The fourth-order valence-electron chi connectivity index (χ4n) is 4.92. The average molecular weight is 481 g/mol. The predicted molar refractivity (Wildman–Crippen MR) is 136 cm³/mol. The van der Waals surface area contributed by atoms with Crippen LogP contribution in [0.4, 0.5) is 5.69 Å². The fraction of sp³-hybridized carbons (Fsp3) is 0.462. The Morgan fingerprint density at radius 2 is 2.00 bits per heavy atom. The molecule has 1 saturated heterocycles. The third kappa shape index (κ3) is 5.58. The SMILES string of the molecule is Cc1nc2cc(OCC(O)CN3CCN(CC(=O)Nc4cccc5c4CCC5)CC3)ccc2s1. The first-order valence-corrected chi connectivity index (χ1v) is 12.9. The Morgan fingerprint density at radius 3 is 2.85 bits per heavy atom. The van der Waals surface area contributed by atoms with Crippen LogP contribution in [0.15, 0.2) is 36.4 Å². The highest BCUT2D eigenvalue weighted by Gasteiger charge is 2.22. The molecule has 1 amide bonds. The van der Waals surface area contributed by atoms with Gasteiger partial charge in [-0.3, -0.25) is 14.6 Å². The lowest BCUT2D eigenvalue weighted by Crippen LogP contribution is -2.50. The quantitative estimate of drug-likeness (QED) is 0.516. The van der Waals surface area contributed by atoms with E-state index in [-0.39, 0.29) is 12.5 Å². The molecule has 3 aromatic rings. The van der Waals surface area contributed by atoms with Gasteiger partial charge in [0, 0.05) is 44.5 Å². The number of rotatable bonds is 8. The predicted octanol–water partition coefficient (Wildman–Crippen LogP) is 3.09. The van der Waals surface area contributed by atoms with Gasteiger partial charge in [-0.1, -0.05) is 12.1 Å². The molecule has 34 heavy (non-hydrogen) atoms. The van der Waals surface area contributed by atoms with E-state index in [0.29, 0.717) is 13.1 Å². The zero-order chi connectivity index (χ0) is 23.5. The topological polar surface area (TPSA) is 77.9 Å². The van der Waals surface area contributed by atoms with Crippen molar-refractivity contribution in [2.45, 2.75) is 32.3 Å². The third-order valence-corrected chi connectivity index (χ3v) is 7.58. The number of hydrogen-bond donors (Lipinski definition) is 2. The van der Waals surface area contributed by atoms with Gasteiger partial charge in [0.15, 0.2) is 0 Å². The van der Waals surface area contributed by atoms with Gasteiger partial charge < -0.3 is 15.2 Å². The molecular weight excluding hydrogens is 448 g/mol. The van der Waals surface area contributed by atoms with E-state index in [2.05, 4.69) is 26.2 Å². The lowest BCUT2D eigenvalue weighted by atomic mass is 10.1. The molecule has 1 aromatic heterocycles. The van der Waals surface area contributed by atoms with E-state index in [1.54, 1.807) is 11.3 Å². The molecule has 8 heteroatoms. The summed E-state index contributed by atoms with van der Waals surface area (Å²) in [5, 5.41) is 14.6. The molecule has 2 aromatic carbocycles. The molecule has 5 rings (SSSR count). The van der Waals surface area contributed by atoms with Crippen molar-refractivity contribution in [1.29, 1.82) is 0 Å². The first-order chi connectivity index (χ1) is 16.5. The molecule has 180 valence electrons. The highest BCUT2D eigenvalue weighted by Crippen LogP contribution is 2.29. The summed E-state index contributed by atoms with van der Waals surface area (Å²) in [6.07, 6.45) is 2.76. The van der Waals surface area contributed by atoms with Crippen LogP contribution in [0.5, 0.6) is 5.75 Å². The van der Waals surface area contributed by atoms with Crippen molar-refractivity contribution >= 4 is 33.1 Å². The van der Waals surface area contributed by atoms with E-state index < -0.39 is 6.10 Å². The van der Waals surface area contributed by atoms with Crippen LogP contribution in [0.3, 0.4) is 0 Å². The molecule has 1 fully saturated rings. The van der Waals surface area contributed by atoms with E-state index in [4.69, 9.17) is 4.74 Å². The van der Waals surface area contributed by atoms with Crippen LogP contribution >= 0.6 is 11.3 Å². The summed E-state index contributed by atoms with van der Waals surface area (Å²) < 4.78 is 6.96. The first-order valence-electron chi connectivity index (χ1n) is 12.1. The van der Waals surface area contributed by atoms with E-state index in [9.17, 15) is 9.90 Å². The van der Waals surface area contributed by atoms with E-state index >= 15 is 0 Å². The van der Waals surface area contributed by atoms with Crippen molar-refractivity contribution in [3.63, 3.8) is 0 Å². The van der Waals surface area contributed by atoms with Crippen molar-refractivity contribution in [2.75, 3.05) is 51.2 Å². The van der Waals surface area contributed by atoms with E-state index in [1.807, 2.05) is 37.3 Å². The van der Waals surface area contributed by atoms with E-state index in [0.717, 1.165) is 65.7 Å². The van der Waals surface area contributed by atoms with Gasteiger partial charge in [-0.25, -0.2) is 4.98 Å². The monoisotopic (exact) mass is 480 g/mol. The second kappa shape index (κ2) is 10.4. The Labute approximate surface area is 204 Å². The number of anilines is 1. The number of nitrogens with one attached hydrogen (secondary N) is 1. The van der Waals surface area contributed by atoms with Crippen LogP contribution in [0.25, 0.3) is 10.2 Å². The van der Waals surface area contributed by atoms with Crippen molar-refractivity contribution in [3.05, 3.63) is 52.5 Å². The number of aryl methyl sites for hydroxylation is 2. The van der Waals surface area contributed by atoms with E-state index in [1.165, 1.54) is 17.5 Å². The number of hydrogen-bond acceptors (Lipinski definition) is 7. The average Bonchev–Trinajstić information content (AvgIpc) is 3.45. The molecular formula is C26H32N4O3S. The number of carbonyl (C=O) groups excluding carboxylic acids is 1. The summed E-state index contributed by atoms with van der Waals surface area (Å²) in [6, 6.07) is 12.1. The van der Waals surface area contributed by atoms with Crippen LogP contribution in [0.1, 0.15) is 22.6 Å². The van der Waals surface area contributed by atoms with Crippen LogP contribution in [0.2, 0.25) is 0 Å². The van der Waals surface area contributed by atoms with Gasteiger partial charge in [0.1, 0.15) is 18.5 Å². The standard InChI is InChI=1S/C26H32N4O3S/c1-18-27-24-14-21(8-9-25(24)34-18)33-17-20(31)15-29-10-12-30(13-11-29)16-26(32)28-23-7-3-5-19-4-2-6-22(19)23/h3,5,7-9,14,20,31H,2,4,6,10-13,15-17H2,1H3,(H,28,32). The zero-order valence-electron chi connectivity index (χ0n) is 19.6. The maximum atomic E-state index is 12.6. The number of aromatic nitrogens is 1. The minimum absolute atomic E-state index is 0.0504. The maximum absolute atomic E-state index is 12.6. The summed E-state index contributed by atoms with van der Waals surface area (Å²) in [5.41, 5.74) is 4.59. The van der Waals surface area contributed by atoms with Gasteiger partial charge in [0.2, 0.25) is 5.91 Å². The number of amides is 1. The number of carbonyl (C=O) groups is 1. The number of piperazine rings is 1. The summed E-state index contributed by atoms with van der Waals surface area (Å²) in [5.74, 6) is 0.784. The van der Waals surface area contributed by atoms with Gasteiger partial charge in [-0.2, -0.15) is 0 Å². The number of β-amino-alcohol motifs (C(OH)–C–C–N with tert-alkyl or cyclic N) is 1. The highest BCUT2D eigenvalue weighted by molar-refractivity contribution is 7.18. The number of nitrogens with zero attached hydrogens (tertiary/aromatic N) is 3. The largest absolute Gasteiger partial charge is 0.491 e. The maximum Gasteiger partial charge on any atom is 0.238 e. The van der Waals surface area contributed by atoms with Crippen molar-refractivity contribution < 1.29 is 14.6 Å². The number of aliphatic hydroxyl groups excluding tert-OH is 1. The molecule has 0 radical (unpaired) electrons. The van der Waals surface area contributed by atoms with Gasteiger partial charge >= 0.3 is 0 Å². The molecule has 1 atom stereocenters. The van der Waals surface area contributed by atoms with Gasteiger partial charge in [-0.15, -0.1) is 11.3 Å². The second-order valence-corrected chi connectivity index (χ2v) is 10.5. The summed E-state index contributed by atoms with van der Waals surface area (Å²) >= 11 is 1.67. The molecule has 1 unspecified atom stereocenters. The molecule has 7 nitrogen and oxygen atoms in total. The second-order valence-electron chi connectivity index (χ2n) is 9.25. The molecule has 1 aliphatic carbocycles. The molecule has 1 aliphatic heterocycles. The van der Waals surface area contributed by atoms with Crippen LogP contribution in [-0.2, 0) is 17.6 Å². The highest BCUT2D eigenvalue weighted by atomic mass is 32.1. The van der Waals surface area contributed by atoms with Crippen molar-refractivity contribution in [2.24, 2.45) is 0 Å². The fourth-order valence-corrected chi connectivity index (χ4v) is 5.72. The summed E-state index contributed by atoms with van der Waals surface area (Å²) in [4.78, 5) is 21.5. The Morgan fingerprint density at radius 1 is 1.18 bits per heavy atom. The van der Waals surface area contributed by atoms with Crippen LogP contribution in [-0.4, -0.2) is 77.8 Å². The minimum atomic E-state index is -0.567. The minimum Gasteiger partial charge on any atom is -0.491 e. The molecule has 2 heterocycles. The third-order valence-electron chi connectivity index (χ3n) is 6.63. The summed E-state index contributed by atoms with van der Waals surface area (Å²) in [7, 11) is 0. The first kappa shape index (κ1) is 23.2. The number of fused-ring (bicyclic) bond motifs is 2. The van der Waals surface area contributed by atoms with Crippen molar-refractivity contribution in [1.82, 2.24) is 14.8 Å². The molecule has 0 bridgehead atoms. The lowest BCUT2D eigenvalue weighted by Gasteiger charge is -2.35. The van der Waals surface area contributed by atoms with Crippen LogP contribution in [0, 0.1) is 6.92 Å². The Bertz CT molecular complexity index is 1160. The van der Waals surface area contributed by atoms with Crippen LogP contribution < -0.4 is 10.1 Å². The number of ether oxygens (including phenoxy) is 1. The molecule has 2 aliphatic rings. The molecule has 0 saturated carbocycles. The van der Waals surface area contributed by atoms with Gasteiger partial charge in [0.05, 0.1) is 21.8 Å². The van der Waals surface area contributed by atoms with Gasteiger partial charge in [0.25, 0.3) is 0 Å². The molecule has 0 spiro atoms. The van der Waals surface area contributed by atoms with Crippen molar-refractivity contribution in [3.8, 4) is 5.75 Å². The number of aliphatic hydroxyl groups is 1. The normalized spacial score (nSPS) is 17.6. The number of thiazole rings is 1. The Balaban J connectivity index is 1.03. The van der Waals surface area contributed by atoms with Gasteiger partial charge in [-0.05, 0) is 55.5 Å². The Kier molecular flexibility index (Phi) is 7.10. The zero-order valence-corrected chi connectivity index (χ0v) is 20.4. The Hall–Kier alpha value is -2.52. The smallest absolute Gasteiger partial charge is 0.238 e.